The molecule has 5 heteroatoms. The predicted molar refractivity (Wildman–Crippen MR) is 65.9 cm³/mol. The lowest BCUT2D eigenvalue weighted by atomic mass is 10.1. The van der Waals surface area contributed by atoms with Gasteiger partial charge in [0.25, 0.3) is 0 Å². The SMILES string of the molecule is COCCC(=O)c1ccc(OCC(O)CO)cc1. The van der Waals surface area contributed by atoms with Crippen molar-refractivity contribution < 1.29 is 24.5 Å². The Bertz CT molecular complexity index is 360. The molecular formula is C13H18O5. The fourth-order valence-corrected chi connectivity index (χ4v) is 1.32. The minimum atomic E-state index is -0.895. The van der Waals surface area contributed by atoms with Crippen molar-refractivity contribution in [3.8, 4) is 5.75 Å². The maximum absolute atomic E-state index is 11.6. The van der Waals surface area contributed by atoms with Crippen LogP contribution in [0.25, 0.3) is 0 Å². The minimum absolute atomic E-state index is 0.0128. The van der Waals surface area contributed by atoms with Crippen LogP contribution in [-0.4, -0.2) is 49.0 Å². The van der Waals surface area contributed by atoms with Crippen LogP contribution in [-0.2, 0) is 4.74 Å². The summed E-state index contributed by atoms with van der Waals surface area (Å²) in [5.41, 5.74) is 0.599. The van der Waals surface area contributed by atoms with E-state index in [9.17, 15) is 4.79 Å². The van der Waals surface area contributed by atoms with Crippen LogP contribution in [0.1, 0.15) is 16.8 Å². The highest BCUT2D eigenvalue weighted by Gasteiger charge is 2.06. The van der Waals surface area contributed by atoms with Crippen LogP contribution in [0.4, 0.5) is 0 Å². The zero-order valence-corrected chi connectivity index (χ0v) is 10.3. The van der Waals surface area contributed by atoms with Crippen molar-refractivity contribution in [3.63, 3.8) is 0 Å². The molecule has 0 aromatic heterocycles. The number of aliphatic hydroxyl groups is 2. The standard InChI is InChI=1S/C13H18O5/c1-17-7-6-13(16)10-2-4-12(5-3-10)18-9-11(15)8-14/h2-5,11,14-15H,6-9H2,1H3. The molecule has 0 aliphatic carbocycles. The van der Waals surface area contributed by atoms with Gasteiger partial charge in [0.2, 0.25) is 0 Å². The number of methoxy groups -OCH3 is 1. The number of carbonyl (C=O) groups is 1. The molecule has 1 aromatic rings. The second-order valence-electron chi connectivity index (χ2n) is 3.84. The first-order valence-corrected chi connectivity index (χ1v) is 5.71. The number of Topliss-reactive ketones (excluding diaryl/α,β-unsaturated/α-hetero) is 1. The third-order valence-corrected chi connectivity index (χ3v) is 2.36. The molecule has 0 spiro atoms. The molecule has 0 bridgehead atoms. The van der Waals surface area contributed by atoms with Gasteiger partial charge in [-0.05, 0) is 24.3 Å². The second-order valence-corrected chi connectivity index (χ2v) is 3.84. The predicted octanol–water partition coefficient (Wildman–Crippen LogP) is 0.638. The van der Waals surface area contributed by atoms with Crippen LogP contribution < -0.4 is 4.74 Å². The van der Waals surface area contributed by atoms with Gasteiger partial charge < -0.3 is 19.7 Å². The largest absolute Gasteiger partial charge is 0.491 e. The Morgan fingerprint density at radius 3 is 2.56 bits per heavy atom. The van der Waals surface area contributed by atoms with E-state index >= 15 is 0 Å². The molecule has 2 N–H and O–H groups in total. The fourth-order valence-electron chi connectivity index (χ4n) is 1.32. The van der Waals surface area contributed by atoms with Crippen LogP contribution >= 0.6 is 0 Å². The number of aliphatic hydroxyl groups excluding tert-OH is 2. The summed E-state index contributed by atoms with van der Waals surface area (Å²) in [7, 11) is 1.55. The third-order valence-electron chi connectivity index (χ3n) is 2.36. The number of ketones is 1. The van der Waals surface area contributed by atoms with Crippen molar-refractivity contribution in [3.05, 3.63) is 29.8 Å². The number of rotatable bonds is 8. The molecule has 1 atom stereocenters. The van der Waals surface area contributed by atoms with Crippen molar-refractivity contribution in [2.24, 2.45) is 0 Å². The molecule has 5 nitrogen and oxygen atoms in total. The Hall–Kier alpha value is -1.43. The summed E-state index contributed by atoms with van der Waals surface area (Å²) in [6.45, 7) is 0.0842. The van der Waals surface area contributed by atoms with Gasteiger partial charge in [-0.15, -0.1) is 0 Å². The lowest BCUT2D eigenvalue weighted by molar-refractivity contribution is 0.0536. The summed E-state index contributed by atoms with van der Waals surface area (Å²) in [5, 5.41) is 17.7. The monoisotopic (exact) mass is 254 g/mol. The molecule has 18 heavy (non-hydrogen) atoms. The van der Waals surface area contributed by atoms with Gasteiger partial charge >= 0.3 is 0 Å². The summed E-state index contributed by atoms with van der Waals surface area (Å²) in [5.74, 6) is 0.560. The topological polar surface area (TPSA) is 76.0 Å². The third kappa shape index (κ3) is 4.83. The van der Waals surface area contributed by atoms with Crippen LogP contribution in [0.15, 0.2) is 24.3 Å². The van der Waals surface area contributed by atoms with Crippen molar-refractivity contribution in [1.82, 2.24) is 0 Å². The highest BCUT2D eigenvalue weighted by atomic mass is 16.5. The molecule has 100 valence electrons. The molecule has 0 amide bonds. The van der Waals surface area contributed by atoms with Gasteiger partial charge in [-0.2, -0.15) is 0 Å². The van der Waals surface area contributed by atoms with E-state index in [0.717, 1.165) is 0 Å². The smallest absolute Gasteiger partial charge is 0.165 e. The molecule has 0 aliphatic rings. The molecule has 0 saturated carbocycles. The van der Waals surface area contributed by atoms with Gasteiger partial charge in [0.1, 0.15) is 18.5 Å². The van der Waals surface area contributed by atoms with E-state index in [1.165, 1.54) is 0 Å². The first-order valence-electron chi connectivity index (χ1n) is 5.71. The Morgan fingerprint density at radius 1 is 1.33 bits per heavy atom. The van der Waals surface area contributed by atoms with Crippen molar-refractivity contribution in [1.29, 1.82) is 0 Å². The lowest BCUT2D eigenvalue weighted by Gasteiger charge is -2.10. The lowest BCUT2D eigenvalue weighted by Crippen LogP contribution is -2.21. The van der Waals surface area contributed by atoms with E-state index in [0.29, 0.717) is 24.3 Å². The molecular weight excluding hydrogens is 236 g/mol. The molecule has 1 aromatic carbocycles. The summed E-state index contributed by atoms with van der Waals surface area (Å²) in [6, 6.07) is 6.64. The maximum atomic E-state index is 11.6. The van der Waals surface area contributed by atoms with Crippen LogP contribution in [0.3, 0.4) is 0 Å². The maximum Gasteiger partial charge on any atom is 0.165 e. The van der Waals surface area contributed by atoms with Crippen molar-refractivity contribution in [2.45, 2.75) is 12.5 Å². The number of hydrogen-bond acceptors (Lipinski definition) is 5. The first kappa shape index (κ1) is 14.6. The zero-order chi connectivity index (χ0) is 13.4. The van der Waals surface area contributed by atoms with Gasteiger partial charge in [-0.3, -0.25) is 4.79 Å². The molecule has 1 rings (SSSR count). The van der Waals surface area contributed by atoms with Gasteiger partial charge in [-0.1, -0.05) is 0 Å². The second kappa shape index (κ2) is 7.81. The number of ether oxygens (including phenoxy) is 2. The number of hydrogen-bond donors (Lipinski definition) is 2. The van der Waals surface area contributed by atoms with Crippen LogP contribution in [0, 0.1) is 0 Å². The van der Waals surface area contributed by atoms with E-state index in [4.69, 9.17) is 19.7 Å². The van der Waals surface area contributed by atoms with Gasteiger partial charge in [0.15, 0.2) is 5.78 Å². The number of carbonyl (C=O) groups excluding carboxylic acids is 1. The minimum Gasteiger partial charge on any atom is -0.491 e. The summed E-state index contributed by atoms with van der Waals surface area (Å²) in [4.78, 5) is 11.6. The molecule has 0 fully saturated rings. The van der Waals surface area contributed by atoms with Gasteiger partial charge in [0, 0.05) is 19.1 Å². The highest BCUT2D eigenvalue weighted by Crippen LogP contribution is 2.13. The summed E-state index contributed by atoms with van der Waals surface area (Å²) < 4.78 is 10.1. The Balaban J connectivity index is 2.49. The Morgan fingerprint density at radius 2 is 2.00 bits per heavy atom. The normalized spacial score (nSPS) is 12.2. The summed E-state index contributed by atoms with van der Waals surface area (Å²) in [6.07, 6.45) is -0.548. The fraction of sp³-hybridized carbons (Fsp3) is 0.462. The average molecular weight is 254 g/mol. The van der Waals surface area contributed by atoms with Gasteiger partial charge in [0.05, 0.1) is 13.2 Å². The van der Waals surface area contributed by atoms with Crippen molar-refractivity contribution >= 4 is 5.78 Å². The quantitative estimate of drug-likeness (QED) is 0.666. The van der Waals surface area contributed by atoms with Crippen molar-refractivity contribution in [2.75, 3.05) is 26.9 Å². The molecule has 0 heterocycles. The first-order chi connectivity index (χ1) is 8.67. The van der Waals surface area contributed by atoms with E-state index in [1.54, 1.807) is 31.4 Å². The van der Waals surface area contributed by atoms with Crippen LogP contribution in [0.2, 0.25) is 0 Å². The van der Waals surface area contributed by atoms with E-state index in [1.807, 2.05) is 0 Å². The molecule has 0 saturated heterocycles. The van der Waals surface area contributed by atoms with E-state index in [-0.39, 0.29) is 19.0 Å². The molecule has 1 unspecified atom stereocenters. The average Bonchev–Trinajstić information content (AvgIpc) is 2.42. The Kier molecular flexibility index (Phi) is 6.35. The summed E-state index contributed by atoms with van der Waals surface area (Å²) >= 11 is 0. The molecule has 0 radical (unpaired) electrons. The highest BCUT2D eigenvalue weighted by molar-refractivity contribution is 5.96. The van der Waals surface area contributed by atoms with Gasteiger partial charge in [-0.25, -0.2) is 0 Å². The number of benzene rings is 1. The van der Waals surface area contributed by atoms with E-state index < -0.39 is 6.10 Å². The van der Waals surface area contributed by atoms with Crippen LogP contribution in [0.5, 0.6) is 5.75 Å². The zero-order valence-electron chi connectivity index (χ0n) is 10.3. The van der Waals surface area contributed by atoms with E-state index in [2.05, 4.69) is 0 Å². The Labute approximate surface area is 106 Å². The molecule has 0 aliphatic heterocycles.